The summed E-state index contributed by atoms with van der Waals surface area (Å²) in [7, 11) is 0. The molecule has 0 aliphatic carbocycles. The van der Waals surface area contributed by atoms with Crippen LogP contribution in [0.2, 0.25) is 0 Å². The average Bonchev–Trinajstić information content (AvgIpc) is 2.72. The minimum absolute atomic E-state index is 0.226. The Kier molecular flexibility index (Phi) is 4.72. The van der Waals surface area contributed by atoms with Crippen LogP contribution in [0.1, 0.15) is 26.0 Å². The van der Waals surface area contributed by atoms with Crippen molar-refractivity contribution in [1.82, 2.24) is 5.32 Å². The summed E-state index contributed by atoms with van der Waals surface area (Å²) in [4.78, 5) is 9.82. The van der Waals surface area contributed by atoms with E-state index in [2.05, 4.69) is 12.2 Å². The molecule has 5 heteroatoms. The van der Waals surface area contributed by atoms with Crippen molar-refractivity contribution in [1.29, 1.82) is 0 Å². The molecule has 1 aromatic heterocycles. The molecular weight excluding hydrogens is 208 g/mol. The Morgan fingerprint density at radius 3 is 2.94 bits per heavy atom. The fourth-order valence-corrected chi connectivity index (χ4v) is 1.21. The first kappa shape index (κ1) is 12.4. The lowest BCUT2D eigenvalue weighted by Gasteiger charge is -2.06. The van der Waals surface area contributed by atoms with Crippen LogP contribution in [0.4, 0.5) is 5.88 Å². The zero-order chi connectivity index (χ0) is 12.0. The van der Waals surface area contributed by atoms with Gasteiger partial charge < -0.3 is 9.73 Å². The molecule has 0 radical (unpaired) electrons. The Hall–Kier alpha value is -1.62. The lowest BCUT2D eigenvalue weighted by atomic mass is 10.2. The standard InChI is InChI=1S/C11H16N2O3/c1-3-8-12-9(2)4-5-10-6-7-11(16-10)13(14)15/h4-7,9,12H,3,8H2,1-2H3/b5-4+. The van der Waals surface area contributed by atoms with Gasteiger partial charge in [0.05, 0.1) is 6.07 Å². The number of nitro groups is 1. The minimum atomic E-state index is -0.546. The maximum Gasteiger partial charge on any atom is 0.433 e. The van der Waals surface area contributed by atoms with Gasteiger partial charge in [-0.05, 0) is 32.0 Å². The number of hydrogen-bond acceptors (Lipinski definition) is 4. The van der Waals surface area contributed by atoms with Gasteiger partial charge in [0.2, 0.25) is 0 Å². The highest BCUT2D eigenvalue weighted by atomic mass is 16.6. The van der Waals surface area contributed by atoms with Gasteiger partial charge in [0, 0.05) is 6.04 Å². The molecule has 0 aromatic carbocycles. The van der Waals surface area contributed by atoms with Gasteiger partial charge in [0.1, 0.15) is 10.7 Å². The molecule has 0 aliphatic heterocycles. The number of furan rings is 1. The molecule has 0 bridgehead atoms. The molecular formula is C11H16N2O3. The van der Waals surface area contributed by atoms with Crippen molar-refractivity contribution in [3.05, 3.63) is 34.1 Å². The highest BCUT2D eigenvalue weighted by Crippen LogP contribution is 2.16. The van der Waals surface area contributed by atoms with Crippen molar-refractivity contribution in [3.8, 4) is 0 Å². The van der Waals surface area contributed by atoms with E-state index < -0.39 is 4.92 Å². The molecule has 0 aliphatic rings. The van der Waals surface area contributed by atoms with Gasteiger partial charge in [0.25, 0.3) is 0 Å². The summed E-state index contributed by atoms with van der Waals surface area (Å²) in [6.07, 6.45) is 4.73. The zero-order valence-corrected chi connectivity index (χ0v) is 9.47. The Labute approximate surface area is 94.3 Å². The molecule has 1 rings (SSSR count). The maximum absolute atomic E-state index is 10.4. The van der Waals surface area contributed by atoms with Crippen LogP contribution >= 0.6 is 0 Å². The molecule has 1 heterocycles. The molecule has 1 N–H and O–H groups in total. The van der Waals surface area contributed by atoms with Crippen LogP contribution in [0.3, 0.4) is 0 Å². The largest absolute Gasteiger partial charge is 0.433 e. The van der Waals surface area contributed by atoms with Gasteiger partial charge in [-0.15, -0.1) is 0 Å². The number of rotatable bonds is 6. The number of nitrogens with zero attached hydrogens (tertiary/aromatic N) is 1. The fourth-order valence-electron chi connectivity index (χ4n) is 1.21. The van der Waals surface area contributed by atoms with E-state index in [1.165, 1.54) is 6.07 Å². The summed E-state index contributed by atoms with van der Waals surface area (Å²) in [5, 5.41) is 13.6. The zero-order valence-electron chi connectivity index (χ0n) is 9.47. The van der Waals surface area contributed by atoms with Gasteiger partial charge in [-0.1, -0.05) is 13.0 Å². The van der Waals surface area contributed by atoms with Crippen molar-refractivity contribution in [2.75, 3.05) is 6.54 Å². The van der Waals surface area contributed by atoms with Crippen LogP contribution in [0.25, 0.3) is 6.08 Å². The van der Waals surface area contributed by atoms with Crippen LogP contribution in [-0.4, -0.2) is 17.5 Å². The van der Waals surface area contributed by atoms with E-state index >= 15 is 0 Å². The second-order valence-electron chi connectivity index (χ2n) is 3.54. The van der Waals surface area contributed by atoms with E-state index in [0.29, 0.717) is 5.76 Å². The normalized spacial score (nSPS) is 13.1. The van der Waals surface area contributed by atoms with Gasteiger partial charge in [-0.3, -0.25) is 10.1 Å². The summed E-state index contributed by atoms with van der Waals surface area (Å²) in [5.41, 5.74) is 0. The summed E-state index contributed by atoms with van der Waals surface area (Å²) in [5.74, 6) is 0.269. The van der Waals surface area contributed by atoms with E-state index in [-0.39, 0.29) is 11.9 Å². The van der Waals surface area contributed by atoms with Gasteiger partial charge in [0.15, 0.2) is 0 Å². The minimum Gasteiger partial charge on any atom is -0.401 e. The Balaban J connectivity index is 2.51. The molecule has 16 heavy (non-hydrogen) atoms. The van der Waals surface area contributed by atoms with Crippen LogP contribution in [0.15, 0.2) is 22.6 Å². The monoisotopic (exact) mass is 224 g/mol. The first-order valence-electron chi connectivity index (χ1n) is 5.29. The molecule has 1 aromatic rings. The highest BCUT2D eigenvalue weighted by Gasteiger charge is 2.09. The predicted molar refractivity (Wildman–Crippen MR) is 62.2 cm³/mol. The fraction of sp³-hybridized carbons (Fsp3) is 0.455. The lowest BCUT2D eigenvalue weighted by molar-refractivity contribution is -0.402. The van der Waals surface area contributed by atoms with E-state index in [1.54, 1.807) is 12.1 Å². The predicted octanol–water partition coefficient (Wildman–Crippen LogP) is 2.59. The van der Waals surface area contributed by atoms with E-state index in [1.807, 2.05) is 13.0 Å². The Bertz CT molecular complexity index is 371. The van der Waals surface area contributed by atoms with Gasteiger partial charge >= 0.3 is 5.88 Å². The Morgan fingerprint density at radius 2 is 2.38 bits per heavy atom. The average molecular weight is 224 g/mol. The van der Waals surface area contributed by atoms with Crippen LogP contribution in [0, 0.1) is 10.1 Å². The van der Waals surface area contributed by atoms with Crippen molar-refractivity contribution in [2.24, 2.45) is 0 Å². The molecule has 1 unspecified atom stereocenters. The summed E-state index contributed by atoms with van der Waals surface area (Å²) >= 11 is 0. The second kappa shape index (κ2) is 6.07. The quantitative estimate of drug-likeness (QED) is 0.595. The highest BCUT2D eigenvalue weighted by molar-refractivity contribution is 5.45. The smallest absolute Gasteiger partial charge is 0.401 e. The topological polar surface area (TPSA) is 68.3 Å². The Morgan fingerprint density at radius 1 is 1.62 bits per heavy atom. The summed E-state index contributed by atoms with van der Waals surface area (Å²) in [6, 6.07) is 3.16. The van der Waals surface area contributed by atoms with Crippen LogP contribution in [0.5, 0.6) is 0 Å². The first-order valence-corrected chi connectivity index (χ1v) is 5.29. The van der Waals surface area contributed by atoms with E-state index in [9.17, 15) is 10.1 Å². The number of hydrogen-bond donors (Lipinski definition) is 1. The molecule has 0 saturated carbocycles. The van der Waals surface area contributed by atoms with Crippen molar-refractivity contribution >= 4 is 12.0 Å². The maximum atomic E-state index is 10.4. The van der Waals surface area contributed by atoms with E-state index in [0.717, 1.165) is 13.0 Å². The lowest BCUT2D eigenvalue weighted by Crippen LogP contribution is -2.24. The third-order valence-corrected chi connectivity index (χ3v) is 2.06. The summed E-state index contributed by atoms with van der Waals surface area (Å²) in [6.45, 7) is 5.06. The van der Waals surface area contributed by atoms with Crippen molar-refractivity contribution in [3.63, 3.8) is 0 Å². The molecule has 0 spiro atoms. The second-order valence-corrected chi connectivity index (χ2v) is 3.54. The van der Waals surface area contributed by atoms with Gasteiger partial charge in [-0.25, -0.2) is 0 Å². The third-order valence-electron chi connectivity index (χ3n) is 2.06. The third kappa shape index (κ3) is 3.86. The first-order chi connectivity index (χ1) is 7.63. The summed E-state index contributed by atoms with van der Waals surface area (Å²) < 4.78 is 4.99. The van der Waals surface area contributed by atoms with E-state index in [4.69, 9.17) is 4.42 Å². The number of nitrogens with one attached hydrogen (secondary N) is 1. The molecule has 88 valence electrons. The van der Waals surface area contributed by atoms with Crippen LogP contribution in [-0.2, 0) is 0 Å². The van der Waals surface area contributed by atoms with Gasteiger partial charge in [-0.2, -0.15) is 0 Å². The molecule has 5 nitrogen and oxygen atoms in total. The van der Waals surface area contributed by atoms with Crippen LogP contribution < -0.4 is 5.32 Å². The molecule has 0 fully saturated rings. The molecule has 0 amide bonds. The van der Waals surface area contributed by atoms with Crippen molar-refractivity contribution in [2.45, 2.75) is 26.3 Å². The SMILES string of the molecule is CCCNC(C)/C=C/c1ccc([N+](=O)[O-])o1. The molecule has 0 saturated heterocycles. The van der Waals surface area contributed by atoms with Crippen molar-refractivity contribution < 1.29 is 9.34 Å². The molecule has 1 atom stereocenters.